The molecular weight excluding hydrogens is 264 g/mol. The highest BCUT2D eigenvalue weighted by Crippen LogP contribution is 2.07. The van der Waals surface area contributed by atoms with Crippen LogP contribution in [0.15, 0.2) is 0 Å². The van der Waals surface area contributed by atoms with E-state index in [0.717, 1.165) is 32.2 Å². The molecule has 0 aliphatic heterocycles. The predicted octanol–water partition coefficient (Wildman–Crippen LogP) is -0.486. The third kappa shape index (κ3) is 10.8. The van der Waals surface area contributed by atoms with Crippen LogP contribution in [0, 0.1) is 0 Å². The van der Waals surface area contributed by atoms with E-state index in [0.29, 0.717) is 18.6 Å². The molecule has 0 fully saturated rings. The van der Waals surface area contributed by atoms with Gasteiger partial charge in [-0.1, -0.05) is 19.3 Å². The SMILES string of the molecule is [NH3+]CCCCCCCCC(=O)NC(CCS)C(=O)[O-]. The molecule has 112 valence electrons. The van der Waals surface area contributed by atoms with E-state index in [-0.39, 0.29) is 5.91 Å². The maximum absolute atomic E-state index is 11.5. The number of aliphatic carboxylic acids is 1. The second-order valence-electron chi connectivity index (χ2n) is 4.68. The molecule has 0 saturated carbocycles. The Labute approximate surface area is 120 Å². The van der Waals surface area contributed by atoms with Gasteiger partial charge in [0, 0.05) is 6.42 Å². The molecule has 19 heavy (non-hydrogen) atoms. The average molecular weight is 290 g/mol. The lowest BCUT2D eigenvalue weighted by Crippen LogP contribution is -2.50. The first-order valence-corrected chi connectivity index (χ1v) is 7.65. The van der Waals surface area contributed by atoms with E-state index in [1.807, 2.05) is 0 Å². The summed E-state index contributed by atoms with van der Waals surface area (Å²) in [4.78, 5) is 22.3. The highest BCUT2D eigenvalue weighted by Gasteiger charge is 2.11. The van der Waals surface area contributed by atoms with Gasteiger partial charge >= 0.3 is 0 Å². The van der Waals surface area contributed by atoms with Crippen molar-refractivity contribution in [1.29, 1.82) is 0 Å². The monoisotopic (exact) mass is 290 g/mol. The first kappa shape index (κ1) is 18.2. The standard InChI is InChI=1S/C13H26N2O3S/c14-9-6-4-2-1-3-5-7-12(16)15-11(8-10-19)13(17)18/h11,19H,1-10,14H2,(H,15,16)(H,17,18). The summed E-state index contributed by atoms with van der Waals surface area (Å²) in [6, 6.07) is -0.915. The van der Waals surface area contributed by atoms with Gasteiger partial charge < -0.3 is 21.0 Å². The van der Waals surface area contributed by atoms with Crippen LogP contribution >= 0.6 is 12.6 Å². The Balaban J connectivity index is 3.60. The largest absolute Gasteiger partial charge is 0.548 e. The molecule has 0 radical (unpaired) electrons. The number of carboxylic acid groups (broad SMARTS) is 1. The van der Waals surface area contributed by atoms with Crippen molar-refractivity contribution < 1.29 is 20.4 Å². The van der Waals surface area contributed by atoms with Crippen LogP contribution in [0.1, 0.15) is 51.4 Å². The van der Waals surface area contributed by atoms with Crippen LogP contribution in [-0.2, 0) is 9.59 Å². The second kappa shape index (κ2) is 12.3. The van der Waals surface area contributed by atoms with E-state index in [1.54, 1.807) is 0 Å². The molecule has 0 aliphatic carbocycles. The maximum Gasteiger partial charge on any atom is 0.220 e. The molecule has 4 N–H and O–H groups in total. The van der Waals surface area contributed by atoms with Crippen LogP contribution in [0.4, 0.5) is 0 Å². The van der Waals surface area contributed by atoms with E-state index >= 15 is 0 Å². The molecule has 0 aromatic rings. The van der Waals surface area contributed by atoms with Gasteiger partial charge in [-0.15, -0.1) is 0 Å². The highest BCUT2D eigenvalue weighted by atomic mass is 32.1. The summed E-state index contributed by atoms with van der Waals surface area (Å²) < 4.78 is 0. The lowest BCUT2D eigenvalue weighted by Gasteiger charge is -2.18. The van der Waals surface area contributed by atoms with Crippen LogP contribution < -0.4 is 16.2 Å². The number of quaternary nitrogens is 1. The van der Waals surface area contributed by atoms with Crippen LogP contribution in [0.2, 0.25) is 0 Å². The van der Waals surface area contributed by atoms with Gasteiger partial charge in [0.1, 0.15) is 0 Å². The number of hydrogen-bond donors (Lipinski definition) is 3. The van der Waals surface area contributed by atoms with Crippen LogP contribution in [-0.4, -0.2) is 30.2 Å². The molecule has 6 heteroatoms. The van der Waals surface area contributed by atoms with Crippen molar-refractivity contribution in [1.82, 2.24) is 5.32 Å². The van der Waals surface area contributed by atoms with Gasteiger partial charge in [-0.25, -0.2) is 0 Å². The number of carboxylic acids is 1. The van der Waals surface area contributed by atoms with E-state index in [1.165, 1.54) is 12.8 Å². The van der Waals surface area contributed by atoms with Crippen molar-refractivity contribution in [3.63, 3.8) is 0 Å². The molecule has 0 saturated heterocycles. The molecule has 0 aliphatic rings. The Morgan fingerprint density at radius 1 is 1.11 bits per heavy atom. The fourth-order valence-corrected chi connectivity index (χ4v) is 2.07. The van der Waals surface area contributed by atoms with Crippen molar-refractivity contribution in [2.75, 3.05) is 12.3 Å². The van der Waals surface area contributed by atoms with Crippen LogP contribution in [0.3, 0.4) is 0 Å². The Hall–Kier alpha value is -0.750. The molecule has 5 nitrogen and oxygen atoms in total. The van der Waals surface area contributed by atoms with Gasteiger partial charge in [0.05, 0.1) is 18.6 Å². The number of unbranched alkanes of at least 4 members (excludes halogenated alkanes) is 5. The van der Waals surface area contributed by atoms with Gasteiger partial charge in [0.15, 0.2) is 0 Å². The van der Waals surface area contributed by atoms with Crippen LogP contribution in [0.5, 0.6) is 0 Å². The van der Waals surface area contributed by atoms with Gasteiger partial charge in [-0.2, -0.15) is 12.6 Å². The Kier molecular flexibility index (Phi) is 11.8. The summed E-state index contributed by atoms with van der Waals surface area (Å²) in [6.07, 6.45) is 7.14. The lowest BCUT2D eigenvalue weighted by molar-refractivity contribution is -0.368. The smallest absolute Gasteiger partial charge is 0.220 e. The maximum atomic E-state index is 11.5. The van der Waals surface area contributed by atoms with Crippen molar-refractivity contribution in [3.05, 3.63) is 0 Å². The van der Waals surface area contributed by atoms with Crippen molar-refractivity contribution in [3.8, 4) is 0 Å². The van der Waals surface area contributed by atoms with Gasteiger partial charge in [-0.3, -0.25) is 4.79 Å². The summed E-state index contributed by atoms with van der Waals surface area (Å²) in [5.74, 6) is -1.05. The molecule has 0 heterocycles. The first-order chi connectivity index (χ1) is 9.11. The topological polar surface area (TPSA) is 96.9 Å². The Morgan fingerprint density at radius 2 is 1.68 bits per heavy atom. The third-order valence-corrected chi connectivity index (χ3v) is 3.20. The van der Waals surface area contributed by atoms with Gasteiger partial charge in [-0.05, 0) is 31.4 Å². The summed E-state index contributed by atoms with van der Waals surface area (Å²) in [6.45, 7) is 0.984. The van der Waals surface area contributed by atoms with Gasteiger partial charge in [0.2, 0.25) is 5.91 Å². The summed E-state index contributed by atoms with van der Waals surface area (Å²) in [5.41, 5.74) is 3.79. The summed E-state index contributed by atoms with van der Waals surface area (Å²) >= 11 is 3.96. The Bertz CT molecular complexity index is 262. The fraction of sp³-hybridized carbons (Fsp3) is 0.846. The molecular formula is C13H26N2O3S. The van der Waals surface area contributed by atoms with Crippen molar-refractivity contribution in [2.24, 2.45) is 0 Å². The number of carbonyl (C=O) groups excluding carboxylic acids is 2. The summed E-state index contributed by atoms with van der Waals surface area (Å²) in [7, 11) is 0. The third-order valence-electron chi connectivity index (χ3n) is 2.94. The number of rotatable bonds is 12. The predicted molar refractivity (Wildman–Crippen MR) is 75.5 cm³/mol. The second-order valence-corrected chi connectivity index (χ2v) is 5.12. The zero-order valence-corrected chi connectivity index (χ0v) is 12.4. The van der Waals surface area contributed by atoms with E-state index < -0.39 is 12.0 Å². The number of hydrogen-bond acceptors (Lipinski definition) is 4. The molecule has 1 amide bonds. The number of nitrogens with one attached hydrogen (secondary N) is 1. The zero-order chi connectivity index (χ0) is 14.5. The minimum absolute atomic E-state index is 0.214. The molecule has 1 atom stereocenters. The van der Waals surface area contributed by atoms with Crippen LogP contribution in [0.25, 0.3) is 0 Å². The van der Waals surface area contributed by atoms with Gasteiger partial charge in [0.25, 0.3) is 0 Å². The number of carbonyl (C=O) groups is 2. The number of amides is 1. The number of thiol groups is 1. The Morgan fingerprint density at radius 3 is 2.21 bits per heavy atom. The van der Waals surface area contributed by atoms with E-state index in [2.05, 4.69) is 23.7 Å². The van der Waals surface area contributed by atoms with E-state index in [9.17, 15) is 14.7 Å². The first-order valence-electron chi connectivity index (χ1n) is 7.02. The molecule has 0 aromatic heterocycles. The van der Waals surface area contributed by atoms with Crippen molar-refractivity contribution in [2.45, 2.75) is 57.4 Å². The minimum atomic E-state index is -1.24. The lowest BCUT2D eigenvalue weighted by atomic mass is 10.1. The summed E-state index contributed by atoms with van der Waals surface area (Å²) in [5, 5.41) is 13.2. The molecule has 0 bridgehead atoms. The van der Waals surface area contributed by atoms with Crippen molar-refractivity contribution >= 4 is 24.5 Å². The minimum Gasteiger partial charge on any atom is -0.548 e. The molecule has 1 unspecified atom stereocenters. The van der Waals surface area contributed by atoms with E-state index in [4.69, 9.17) is 0 Å². The molecule has 0 rings (SSSR count). The molecule has 0 aromatic carbocycles. The molecule has 0 spiro atoms. The quantitative estimate of drug-likeness (QED) is 0.334. The average Bonchev–Trinajstić information content (AvgIpc) is 2.37. The normalized spacial score (nSPS) is 12.1. The zero-order valence-electron chi connectivity index (χ0n) is 11.5. The highest BCUT2D eigenvalue weighted by molar-refractivity contribution is 7.80. The fourth-order valence-electron chi connectivity index (χ4n) is 1.81.